The van der Waals surface area contributed by atoms with Crippen molar-refractivity contribution >= 4 is 15.9 Å². The number of hydrogen-bond acceptors (Lipinski definition) is 3. The maximum absolute atomic E-state index is 10.6. The van der Waals surface area contributed by atoms with Gasteiger partial charge in [-0.25, -0.2) is 0 Å². The number of benzene rings is 1. The standard InChI is InChI=1S/C16H23BrN2O/c1-11-12-4-2-3-5-13(12)15(17)16(20)14(11)10-19-8-6-18-7-9-19/h18,20H,2-10H2,1H3. The third kappa shape index (κ3) is 2.61. The molecule has 4 heteroatoms. The Morgan fingerprint density at radius 1 is 1.15 bits per heavy atom. The molecule has 1 aromatic rings. The monoisotopic (exact) mass is 338 g/mol. The molecule has 2 aliphatic rings. The minimum Gasteiger partial charge on any atom is -0.506 e. The first kappa shape index (κ1) is 14.4. The molecule has 3 rings (SSSR count). The van der Waals surface area contributed by atoms with Crippen LogP contribution in [0.2, 0.25) is 0 Å². The Hall–Kier alpha value is -0.580. The number of nitrogens with zero attached hydrogens (tertiary/aromatic N) is 1. The first-order valence-corrected chi connectivity index (χ1v) is 8.42. The van der Waals surface area contributed by atoms with Gasteiger partial charge >= 0.3 is 0 Å². The highest BCUT2D eigenvalue weighted by Crippen LogP contribution is 2.40. The van der Waals surface area contributed by atoms with Crippen LogP contribution in [0.4, 0.5) is 0 Å². The van der Waals surface area contributed by atoms with E-state index in [0.29, 0.717) is 5.75 Å². The molecule has 0 amide bonds. The van der Waals surface area contributed by atoms with Crippen LogP contribution in [-0.2, 0) is 19.4 Å². The topological polar surface area (TPSA) is 35.5 Å². The number of phenols is 1. The van der Waals surface area contributed by atoms with Gasteiger partial charge < -0.3 is 10.4 Å². The highest BCUT2D eigenvalue weighted by molar-refractivity contribution is 9.10. The first-order chi connectivity index (χ1) is 9.68. The van der Waals surface area contributed by atoms with Gasteiger partial charge in [0.05, 0.1) is 4.47 Å². The minimum absolute atomic E-state index is 0.474. The van der Waals surface area contributed by atoms with Crippen molar-refractivity contribution in [1.82, 2.24) is 10.2 Å². The lowest BCUT2D eigenvalue weighted by atomic mass is 9.86. The molecule has 110 valence electrons. The van der Waals surface area contributed by atoms with Crippen LogP contribution in [0.15, 0.2) is 4.47 Å². The van der Waals surface area contributed by atoms with E-state index in [1.165, 1.54) is 29.5 Å². The molecule has 1 aliphatic heterocycles. The summed E-state index contributed by atoms with van der Waals surface area (Å²) in [6.07, 6.45) is 4.77. The fraction of sp³-hybridized carbons (Fsp3) is 0.625. The molecule has 1 fully saturated rings. The second-order valence-corrected chi connectivity index (χ2v) is 6.75. The number of aromatic hydroxyl groups is 1. The van der Waals surface area contributed by atoms with Gasteiger partial charge in [0.1, 0.15) is 5.75 Å². The van der Waals surface area contributed by atoms with Gasteiger partial charge in [0.15, 0.2) is 0 Å². The van der Waals surface area contributed by atoms with Gasteiger partial charge in [-0.3, -0.25) is 4.90 Å². The number of piperazine rings is 1. The Labute approximate surface area is 129 Å². The molecule has 1 heterocycles. The smallest absolute Gasteiger partial charge is 0.134 e. The van der Waals surface area contributed by atoms with Crippen molar-refractivity contribution in [3.05, 3.63) is 26.7 Å². The summed E-state index contributed by atoms with van der Waals surface area (Å²) in [7, 11) is 0. The Morgan fingerprint density at radius 2 is 1.80 bits per heavy atom. The number of phenolic OH excluding ortho intramolecular Hbond substituents is 1. The van der Waals surface area contributed by atoms with Gasteiger partial charge in [0, 0.05) is 38.3 Å². The number of fused-ring (bicyclic) bond motifs is 1. The zero-order valence-corrected chi connectivity index (χ0v) is 13.7. The molecule has 0 radical (unpaired) electrons. The molecular formula is C16H23BrN2O. The fourth-order valence-electron chi connectivity index (χ4n) is 3.48. The molecule has 3 nitrogen and oxygen atoms in total. The highest BCUT2D eigenvalue weighted by atomic mass is 79.9. The first-order valence-electron chi connectivity index (χ1n) is 7.63. The molecule has 1 aliphatic carbocycles. The van der Waals surface area contributed by atoms with E-state index < -0.39 is 0 Å². The van der Waals surface area contributed by atoms with E-state index in [4.69, 9.17) is 0 Å². The summed E-state index contributed by atoms with van der Waals surface area (Å²) in [6.45, 7) is 7.28. The van der Waals surface area contributed by atoms with Gasteiger partial charge in [-0.1, -0.05) is 0 Å². The van der Waals surface area contributed by atoms with Crippen molar-refractivity contribution < 1.29 is 5.11 Å². The summed E-state index contributed by atoms with van der Waals surface area (Å²) in [5.41, 5.74) is 5.26. The van der Waals surface area contributed by atoms with Crippen molar-refractivity contribution in [3.63, 3.8) is 0 Å². The van der Waals surface area contributed by atoms with Crippen LogP contribution in [0.5, 0.6) is 5.75 Å². The van der Waals surface area contributed by atoms with E-state index in [2.05, 4.69) is 33.1 Å². The highest BCUT2D eigenvalue weighted by Gasteiger charge is 2.23. The van der Waals surface area contributed by atoms with Crippen LogP contribution in [0.3, 0.4) is 0 Å². The fourth-order valence-corrected chi connectivity index (χ4v) is 4.16. The van der Waals surface area contributed by atoms with Crippen LogP contribution in [-0.4, -0.2) is 36.2 Å². The maximum atomic E-state index is 10.6. The lowest BCUT2D eigenvalue weighted by Crippen LogP contribution is -2.43. The molecule has 0 unspecified atom stereocenters. The lowest BCUT2D eigenvalue weighted by Gasteiger charge is -2.30. The average molecular weight is 339 g/mol. The Morgan fingerprint density at radius 3 is 2.50 bits per heavy atom. The van der Waals surface area contributed by atoms with Gasteiger partial charge in [-0.15, -0.1) is 0 Å². The Kier molecular flexibility index (Phi) is 4.34. The van der Waals surface area contributed by atoms with Crippen molar-refractivity contribution in [1.29, 1.82) is 0 Å². The molecule has 2 N–H and O–H groups in total. The van der Waals surface area contributed by atoms with Crippen LogP contribution in [0.25, 0.3) is 0 Å². The second-order valence-electron chi connectivity index (χ2n) is 5.96. The molecule has 0 saturated carbocycles. The van der Waals surface area contributed by atoms with Crippen LogP contribution in [0.1, 0.15) is 35.1 Å². The van der Waals surface area contributed by atoms with E-state index in [9.17, 15) is 5.11 Å². The normalized spacial score (nSPS) is 19.9. The SMILES string of the molecule is Cc1c(CN2CCNCC2)c(O)c(Br)c2c1CCCC2. The summed E-state index contributed by atoms with van der Waals surface area (Å²) >= 11 is 3.63. The number of halogens is 1. The minimum atomic E-state index is 0.474. The van der Waals surface area contributed by atoms with E-state index >= 15 is 0 Å². The zero-order valence-electron chi connectivity index (χ0n) is 12.1. The third-order valence-electron chi connectivity index (χ3n) is 4.72. The van der Waals surface area contributed by atoms with Gasteiger partial charge in [0.2, 0.25) is 0 Å². The van der Waals surface area contributed by atoms with Crippen molar-refractivity contribution in [2.75, 3.05) is 26.2 Å². The maximum Gasteiger partial charge on any atom is 0.134 e. The summed E-state index contributed by atoms with van der Waals surface area (Å²) in [6, 6.07) is 0. The Bertz CT molecular complexity index is 510. The number of hydrogen-bond donors (Lipinski definition) is 2. The van der Waals surface area contributed by atoms with Crippen molar-refractivity contribution in [2.24, 2.45) is 0 Å². The van der Waals surface area contributed by atoms with Crippen LogP contribution >= 0.6 is 15.9 Å². The van der Waals surface area contributed by atoms with Crippen LogP contribution < -0.4 is 5.32 Å². The molecule has 0 aromatic heterocycles. The predicted octanol–water partition coefficient (Wildman–Crippen LogP) is 2.75. The molecule has 0 atom stereocenters. The largest absolute Gasteiger partial charge is 0.506 e. The quantitative estimate of drug-likeness (QED) is 0.870. The van der Waals surface area contributed by atoms with Crippen molar-refractivity contribution in [3.8, 4) is 5.75 Å². The Balaban J connectivity index is 1.95. The van der Waals surface area contributed by atoms with E-state index in [-0.39, 0.29) is 0 Å². The van der Waals surface area contributed by atoms with Gasteiger partial charge in [-0.05, 0) is 65.2 Å². The lowest BCUT2D eigenvalue weighted by molar-refractivity contribution is 0.230. The summed E-state index contributed by atoms with van der Waals surface area (Å²) in [5, 5.41) is 14.0. The van der Waals surface area contributed by atoms with E-state index in [1.54, 1.807) is 0 Å². The zero-order chi connectivity index (χ0) is 14.1. The van der Waals surface area contributed by atoms with Crippen molar-refractivity contribution in [2.45, 2.75) is 39.2 Å². The van der Waals surface area contributed by atoms with Gasteiger partial charge in [0.25, 0.3) is 0 Å². The summed E-state index contributed by atoms with van der Waals surface area (Å²) in [4.78, 5) is 2.43. The summed E-state index contributed by atoms with van der Waals surface area (Å²) < 4.78 is 0.947. The molecule has 20 heavy (non-hydrogen) atoms. The van der Waals surface area contributed by atoms with E-state index in [0.717, 1.165) is 55.6 Å². The molecular weight excluding hydrogens is 316 g/mol. The molecule has 0 bridgehead atoms. The molecule has 1 saturated heterocycles. The number of nitrogens with one attached hydrogen (secondary N) is 1. The molecule has 0 spiro atoms. The average Bonchev–Trinajstić information content (AvgIpc) is 2.50. The second kappa shape index (κ2) is 6.04. The molecule has 1 aromatic carbocycles. The van der Waals surface area contributed by atoms with E-state index in [1.807, 2.05) is 0 Å². The van der Waals surface area contributed by atoms with Crippen LogP contribution in [0, 0.1) is 6.92 Å². The van der Waals surface area contributed by atoms with Gasteiger partial charge in [-0.2, -0.15) is 0 Å². The number of rotatable bonds is 2. The predicted molar refractivity (Wildman–Crippen MR) is 85.3 cm³/mol. The summed E-state index contributed by atoms with van der Waals surface area (Å²) in [5.74, 6) is 0.474. The third-order valence-corrected chi connectivity index (χ3v) is 5.58.